The zero-order chi connectivity index (χ0) is 17.6. The summed E-state index contributed by atoms with van der Waals surface area (Å²) in [6.07, 6.45) is 10.4. The summed E-state index contributed by atoms with van der Waals surface area (Å²) in [6.45, 7) is 2.23. The summed E-state index contributed by atoms with van der Waals surface area (Å²) in [7, 11) is 0. The first-order chi connectivity index (χ1) is 12.9. The molecule has 0 bridgehead atoms. The van der Waals surface area contributed by atoms with Gasteiger partial charge in [-0.05, 0) is 43.5 Å². The highest BCUT2D eigenvalue weighted by atomic mass is 15.2. The van der Waals surface area contributed by atoms with Gasteiger partial charge in [0.1, 0.15) is 5.82 Å². The zero-order valence-electron chi connectivity index (χ0n) is 14.8. The SMILES string of the molecule is c1ccc(CCN2CCCC2c2ccc(Nc3cnccn3)cn2)cc1. The molecule has 0 spiro atoms. The summed E-state index contributed by atoms with van der Waals surface area (Å²) >= 11 is 0. The van der Waals surface area contributed by atoms with Crippen molar-refractivity contribution in [1.82, 2.24) is 19.9 Å². The fourth-order valence-electron chi connectivity index (χ4n) is 3.53. The number of aromatic nitrogens is 3. The van der Waals surface area contributed by atoms with Crippen molar-refractivity contribution in [2.45, 2.75) is 25.3 Å². The molecule has 1 N–H and O–H groups in total. The Hall–Kier alpha value is -2.79. The van der Waals surface area contributed by atoms with Gasteiger partial charge < -0.3 is 5.32 Å². The molecule has 0 radical (unpaired) electrons. The quantitative estimate of drug-likeness (QED) is 0.732. The summed E-state index contributed by atoms with van der Waals surface area (Å²) in [5.74, 6) is 0.729. The Balaban J connectivity index is 1.39. The van der Waals surface area contributed by atoms with Crippen molar-refractivity contribution in [2.24, 2.45) is 0 Å². The molecule has 1 aliphatic rings. The normalized spacial score (nSPS) is 17.3. The second-order valence-corrected chi connectivity index (χ2v) is 6.62. The van der Waals surface area contributed by atoms with E-state index in [0.29, 0.717) is 6.04 Å². The molecule has 132 valence electrons. The van der Waals surface area contributed by atoms with Gasteiger partial charge in [-0.3, -0.25) is 14.9 Å². The first-order valence-electron chi connectivity index (χ1n) is 9.15. The molecule has 1 aliphatic heterocycles. The first kappa shape index (κ1) is 16.7. The topological polar surface area (TPSA) is 53.9 Å². The largest absolute Gasteiger partial charge is 0.338 e. The van der Waals surface area contributed by atoms with Crippen LogP contribution in [0.4, 0.5) is 11.5 Å². The second-order valence-electron chi connectivity index (χ2n) is 6.62. The monoisotopic (exact) mass is 345 g/mol. The van der Waals surface area contributed by atoms with Gasteiger partial charge in [0.2, 0.25) is 0 Å². The molecule has 1 aromatic carbocycles. The minimum absolute atomic E-state index is 0.421. The van der Waals surface area contributed by atoms with Gasteiger partial charge in [-0.15, -0.1) is 0 Å². The van der Waals surface area contributed by atoms with Crippen LogP contribution in [0, 0.1) is 0 Å². The molecule has 0 amide bonds. The average molecular weight is 345 g/mol. The van der Waals surface area contributed by atoms with Crippen LogP contribution in [0.3, 0.4) is 0 Å². The van der Waals surface area contributed by atoms with E-state index >= 15 is 0 Å². The maximum Gasteiger partial charge on any atom is 0.148 e. The third-order valence-corrected chi connectivity index (χ3v) is 4.86. The van der Waals surface area contributed by atoms with E-state index in [9.17, 15) is 0 Å². The van der Waals surface area contributed by atoms with Crippen LogP contribution >= 0.6 is 0 Å². The van der Waals surface area contributed by atoms with E-state index in [-0.39, 0.29) is 0 Å². The Morgan fingerprint density at radius 2 is 1.92 bits per heavy atom. The Kier molecular flexibility index (Phi) is 5.17. The highest BCUT2D eigenvalue weighted by Crippen LogP contribution is 2.31. The molecule has 1 saturated heterocycles. The lowest BCUT2D eigenvalue weighted by molar-refractivity contribution is 0.256. The lowest BCUT2D eigenvalue weighted by atomic mass is 10.1. The van der Waals surface area contributed by atoms with Gasteiger partial charge in [-0.1, -0.05) is 30.3 Å². The van der Waals surface area contributed by atoms with E-state index in [1.165, 1.54) is 18.4 Å². The lowest BCUT2D eigenvalue weighted by Crippen LogP contribution is -2.26. The number of nitrogens with one attached hydrogen (secondary N) is 1. The van der Waals surface area contributed by atoms with E-state index in [1.54, 1.807) is 18.6 Å². The van der Waals surface area contributed by atoms with Crippen molar-refractivity contribution < 1.29 is 0 Å². The summed E-state index contributed by atoms with van der Waals surface area (Å²) < 4.78 is 0. The third-order valence-electron chi connectivity index (χ3n) is 4.86. The number of likely N-dealkylation sites (tertiary alicyclic amines) is 1. The molecule has 3 aromatic rings. The van der Waals surface area contributed by atoms with Crippen LogP contribution in [0.2, 0.25) is 0 Å². The van der Waals surface area contributed by atoms with Gasteiger partial charge in [-0.2, -0.15) is 0 Å². The van der Waals surface area contributed by atoms with E-state index < -0.39 is 0 Å². The van der Waals surface area contributed by atoms with Crippen molar-refractivity contribution in [3.8, 4) is 0 Å². The lowest BCUT2D eigenvalue weighted by Gasteiger charge is -2.24. The summed E-state index contributed by atoms with van der Waals surface area (Å²) in [4.78, 5) is 15.6. The van der Waals surface area contributed by atoms with Crippen molar-refractivity contribution in [3.05, 3.63) is 78.5 Å². The molecule has 1 atom stereocenters. The van der Waals surface area contributed by atoms with Crippen LogP contribution in [0.25, 0.3) is 0 Å². The van der Waals surface area contributed by atoms with Crippen LogP contribution in [-0.4, -0.2) is 32.9 Å². The molecule has 1 unspecified atom stereocenters. The number of pyridine rings is 1. The van der Waals surface area contributed by atoms with Gasteiger partial charge >= 0.3 is 0 Å². The third kappa shape index (κ3) is 4.06. The van der Waals surface area contributed by atoms with E-state index in [2.05, 4.69) is 62.6 Å². The van der Waals surface area contributed by atoms with Gasteiger partial charge in [0.15, 0.2) is 0 Å². The smallest absolute Gasteiger partial charge is 0.148 e. The highest BCUT2D eigenvalue weighted by Gasteiger charge is 2.26. The molecule has 5 nitrogen and oxygen atoms in total. The minimum Gasteiger partial charge on any atom is -0.338 e. The number of nitrogens with zero attached hydrogens (tertiary/aromatic N) is 4. The standard InChI is InChI=1S/C21H23N5/c1-2-5-17(6-3-1)10-14-26-13-4-7-20(26)19-9-8-18(15-24-19)25-21-16-22-11-12-23-21/h1-3,5-6,8-9,11-12,15-16,20H,4,7,10,13-14H2,(H,23,25). The van der Waals surface area contributed by atoms with E-state index in [4.69, 9.17) is 4.98 Å². The van der Waals surface area contributed by atoms with Crippen molar-refractivity contribution >= 4 is 11.5 Å². The maximum atomic E-state index is 4.71. The van der Waals surface area contributed by atoms with E-state index in [0.717, 1.165) is 36.7 Å². The second kappa shape index (κ2) is 8.06. The summed E-state index contributed by atoms with van der Waals surface area (Å²) in [6, 6.07) is 15.3. The minimum atomic E-state index is 0.421. The Labute approximate surface area is 154 Å². The predicted octanol–water partition coefficient (Wildman–Crippen LogP) is 3.99. The van der Waals surface area contributed by atoms with Gasteiger partial charge in [0.05, 0.1) is 29.8 Å². The average Bonchev–Trinajstić information content (AvgIpc) is 3.17. The van der Waals surface area contributed by atoms with Crippen molar-refractivity contribution in [2.75, 3.05) is 18.4 Å². The molecule has 2 aromatic heterocycles. The fourth-order valence-corrected chi connectivity index (χ4v) is 3.53. The summed E-state index contributed by atoms with van der Waals surface area (Å²) in [5, 5.41) is 3.23. The van der Waals surface area contributed by atoms with Crippen molar-refractivity contribution in [3.63, 3.8) is 0 Å². The van der Waals surface area contributed by atoms with Crippen LogP contribution < -0.4 is 5.32 Å². The number of benzene rings is 1. The van der Waals surface area contributed by atoms with Gasteiger partial charge in [-0.25, -0.2) is 4.98 Å². The van der Waals surface area contributed by atoms with Crippen LogP contribution in [-0.2, 0) is 6.42 Å². The molecule has 0 saturated carbocycles. The Bertz CT molecular complexity index is 805. The molecule has 0 aliphatic carbocycles. The van der Waals surface area contributed by atoms with Crippen LogP contribution in [0.1, 0.15) is 30.1 Å². The summed E-state index contributed by atoms with van der Waals surface area (Å²) in [5.41, 5.74) is 3.48. The fraction of sp³-hybridized carbons (Fsp3) is 0.286. The number of anilines is 2. The highest BCUT2D eigenvalue weighted by molar-refractivity contribution is 5.53. The molecular formula is C21H23N5. The molecule has 26 heavy (non-hydrogen) atoms. The Morgan fingerprint density at radius 1 is 1.00 bits per heavy atom. The molecule has 3 heterocycles. The van der Waals surface area contributed by atoms with Crippen LogP contribution in [0.15, 0.2) is 67.3 Å². The predicted molar refractivity (Wildman–Crippen MR) is 103 cm³/mol. The first-order valence-corrected chi connectivity index (χ1v) is 9.15. The molecule has 1 fully saturated rings. The van der Waals surface area contributed by atoms with E-state index in [1.807, 2.05) is 6.20 Å². The number of rotatable bonds is 6. The Morgan fingerprint density at radius 3 is 2.69 bits per heavy atom. The molecule has 4 rings (SSSR count). The van der Waals surface area contributed by atoms with Gasteiger partial charge in [0.25, 0.3) is 0 Å². The zero-order valence-corrected chi connectivity index (χ0v) is 14.8. The number of hydrogen-bond donors (Lipinski definition) is 1. The van der Waals surface area contributed by atoms with Crippen LogP contribution in [0.5, 0.6) is 0 Å². The van der Waals surface area contributed by atoms with Crippen molar-refractivity contribution in [1.29, 1.82) is 0 Å². The number of hydrogen-bond acceptors (Lipinski definition) is 5. The molecule has 5 heteroatoms. The van der Waals surface area contributed by atoms with Gasteiger partial charge in [0, 0.05) is 18.9 Å². The molecular weight excluding hydrogens is 322 g/mol. The maximum absolute atomic E-state index is 4.71.